The van der Waals surface area contributed by atoms with Crippen molar-refractivity contribution in [2.45, 2.75) is 19.5 Å². The number of fused-ring (bicyclic) bond motifs is 1. The summed E-state index contributed by atoms with van der Waals surface area (Å²) in [6, 6.07) is 6.42. The highest BCUT2D eigenvalue weighted by atomic mass is 35.5. The van der Waals surface area contributed by atoms with E-state index in [0.29, 0.717) is 6.04 Å². The number of nitrogens with one attached hydrogen (secondary N) is 1. The van der Waals surface area contributed by atoms with Crippen LogP contribution in [0.5, 0.6) is 0 Å². The average Bonchev–Trinajstić information content (AvgIpc) is 2.67. The minimum atomic E-state index is 0.554. The third kappa shape index (κ3) is 2.61. The summed E-state index contributed by atoms with van der Waals surface area (Å²) < 4.78 is 2.15. The van der Waals surface area contributed by atoms with Crippen LogP contribution < -0.4 is 5.32 Å². The Hall–Kier alpha value is -1.10. The van der Waals surface area contributed by atoms with Crippen molar-refractivity contribution in [2.24, 2.45) is 7.05 Å². The second kappa shape index (κ2) is 5.12. The molecule has 19 heavy (non-hydrogen) atoms. The van der Waals surface area contributed by atoms with Gasteiger partial charge in [-0.3, -0.25) is 4.90 Å². The van der Waals surface area contributed by atoms with Crippen molar-refractivity contribution in [1.82, 2.24) is 19.8 Å². The Kier molecular flexibility index (Phi) is 3.48. The van der Waals surface area contributed by atoms with E-state index in [0.717, 1.165) is 48.1 Å². The van der Waals surface area contributed by atoms with Crippen LogP contribution in [0.1, 0.15) is 12.7 Å². The highest BCUT2D eigenvalue weighted by molar-refractivity contribution is 6.31. The number of piperazine rings is 1. The highest BCUT2D eigenvalue weighted by Crippen LogP contribution is 2.20. The molecule has 0 spiro atoms. The van der Waals surface area contributed by atoms with E-state index in [9.17, 15) is 0 Å². The van der Waals surface area contributed by atoms with Crippen LogP contribution in [0.4, 0.5) is 0 Å². The topological polar surface area (TPSA) is 33.1 Å². The Morgan fingerprint density at radius 2 is 2.32 bits per heavy atom. The van der Waals surface area contributed by atoms with E-state index in [4.69, 9.17) is 16.6 Å². The maximum atomic E-state index is 6.05. The van der Waals surface area contributed by atoms with Gasteiger partial charge in [0.2, 0.25) is 0 Å². The zero-order chi connectivity index (χ0) is 13.4. The normalized spacial score (nSPS) is 21.1. The molecule has 0 bridgehead atoms. The Morgan fingerprint density at radius 1 is 1.47 bits per heavy atom. The van der Waals surface area contributed by atoms with Gasteiger partial charge in [-0.25, -0.2) is 4.98 Å². The Labute approximate surface area is 118 Å². The predicted molar refractivity (Wildman–Crippen MR) is 78.5 cm³/mol. The summed E-state index contributed by atoms with van der Waals surface area (Å²) in [5.74, 6) is 1.10. The predicted octanol–water partition coefficient (Wildman–Crippen LogP) is 2.02. The zero-order valence-electron chi connectivity index (χ0n) is 11.4. The lowest BCUT2D eigenvalue weighted by atomic mass is 10.2. The Balaban J connectivity index is 1.86. The standard InChI is InChI=1S/C14H19ClN4/c1-10-8-19(6-5-16-10)9-14-17-12-4-3-11(15)7-13(12)18(14)2/h3-4,7,10,16H,5-6,8-9H2,1-2H3/t10-/m1/s1. The number of aromatic nitrogens is 2. The van der Waals surface area contributed by atoms with Crippen molar-refractivity contribution >= 4 is 22.6 Å². The first-order chi connectivity index (χ1) is 9.13. The highest BCUT2D eigenvalue weighted by Gasteiger charge is 2.18. The van der Waals surface area contributed by atoms with Crippen LogP contribution in [0.25, 0.3) is 11.0 Å². The van der Waals surface area contributed by atoms with Gasteiger partial charge >= 0.3 is 0 Å². The van der Waals surface area contributed by atoms with Gasteiger partial charge in [-0.2, -0.15) is 0 Å². The van der Waals surface area contributed by atoms with E-state index in [1.807, 2.05) is 18.2 Å². The summed E-state index contributed by atoms with van der Waals surface area (Å²) in [5, 5.41) is 4.22. The Morgan fingerprint density at radius 3 is 3.11 bits per heavy atom. The molecule has 2 aromatic rings. The lowest BCUT2D eigenvalue weighted by Gasteiger charge is -2.31. The molecule has 0 aliphatic carbocycles. The fraction of sp³-hybridized carbons (Fsp3) is 0.500. The molecule has 4 nitrogen and oxygen atoms in total. The molecule has 0 unspecified atom stereocenters. The van der Waals surface area contributed by atoms with Gasteiger partial charge in [-0.1, -0.05) is 11.6 Å². The quantitative estimate of drug-likeness (QED) is 0.912. The van der Waals surface area contributed by atoms with Crippen molar-refractivity contribution in [1.29, 1.82) is 0 Å². The smallest absolute Gasteiger partial charge is 0.123 e. The zero-order valence-corrected chi connectivity index (χ0v) is 12.1. The van der Waals surface area contributed by atoms with E-state index >= 15 is 0 Å². The summed E-state index contributed by atoms with van der Waals surface area (Å²) in [5.41, 5.74) is 2.12. The number of rotatable bonds is 2. The molecule has 0 amide bonds. The molecular weight excluding hydrogens is 260 g/mol. The molecule has 1 aromatic heterocycles. The fourth-order valence-electron chi connectivity index (χ4n) is 2.71. The number of imidazole rings is 1. The van der Waals surface area contributed by atoms with Crippen molar-refractivity contribution in [3.63, 3.8) is 0 Å². The van der Waals surface area contributed by atoms with Gasteiger partial charge in [0.1, 0.15) is 5.82 Å². The number of benzene rings is 1. The van der Waals surface area contributed by atoms with Gasteiger partial charge in [-0.05, 0) is 25.1 Å². The molecule has 2 heterocycles. The van der Waals surface area contributed by atoms with Crippen molar-refractivity contribution in [2.75, 3.05) is 19.6 Å². The molecule has 1 atom stereocenters. The summed E-state index contributed by atoms with van der Waals surface area (Å²) >= 11 is 6.05. The van der Waals surface area contributed by atoms with Gasteiger partial charge in [0.05, 0.1) is 17.6 Å². The average molecular weight is 279 g/mol. The van der Waals surface area contributed by atoms with E-state index < -0.39 is 0 Å². The fourth-order valence-corrected chi connectivity index (χ4v) is 2.88. The molecule has 1 saturated heterocycles. The summed E-state index contributed by atoms with van der Waals surface area (Å²) in [7, 11) is 2.06. The summed E-state index contributed by atoms with van der Waals surface area (Å²) in [6.45, 7) is 6.32. The van der Waals surface area contributed by atoms with Crippen LogP contribution in [0.2, 0.25) is 5.02 Å². The lowest BCUT2D eigenvalue weighted by molar-refractivity contribution is 0.194. The minimum Gasteiger partial charge on any atom is -0.330 e. The summed E-state index contributed by atoms with van der Waals surface area (Å²) in [6.07, 6.45) is 0. The molecule has 1 aromatic carbocycles. The molecule has 0 radical (unpaired) electrons. The van der Waals surface area contributed by atoms with Gasteiger partial charge < -0.3 is 9.88 Å². The number of halogens is 1. The summed E-state index contributed by atoms with van der Waals surface area (Å²) in [4.78, 5) is 7.16. The number of hydrogen-bond acceptors (Lipinski definition) is 3. The molecule has 1 fully saturated rings. The maximum absolute atomic E-state index is 6.05. The van der Waals surface area contributed by atoms with Crippen LogP contribution in [-0.2, 0) is 13.6 Å². The molecule has 1 aliphatic heterocycles. The first-order valence-electron chi connectivity index (χ1n) is 6.70. The van der Waals surface area contributed by atoms with Gasteiger partial charge in [0, 0.05) is 37.7 Å². The third-order valence-electron chi connectivity index (χ3n) is 3.75. The van der Waals surface area contributed by atoms with Crippen LogP contribution in [0, 0.1) is 0 Å². The lowest BCUT2D eigenvalue weighted by Crippen LogP contribution is -2.48. The van der Waals surface area contributed by atoms with Gasteiger partial charge in [0.25, 0.3) is 0 Å². The molecule has 5 heteroatoms. The number of hydrogen-bond donors (Lipinski definition) is 1. The number of aryl methyl sites for hydroxylation is 1. The molecule has 1 aliphatic rings. The monoisotopic (exact) mass is 278 g/mol. The van der Waals surface area contributed by atoms with Gasteiger partial charge in [0.15, 0.2) is 0 Å². The molecule has 3 rings (SSSR count). The van der Waals surface area contributed by atoms with Crippen LogP contribution >= 0.6 is 11.6 Å². The van der Waals surface area contributed by atoms with Gasteiger partial charge in [-0.15, -0.1) is 0 Å². The molecule has 0 saturated carbocycles. The van der Waals surface area contributed by atoms with Crippen LogP contribution in [0.15, 0.2) is 18.2 Å². The number of nitrogens with zero attached hydrogens (tertiary/aromatic N) is 3. The first kappa shape index (κ1) is 12.9. The second-order valence-corrected chi connectivity index (χ2v) is 5.75. The van der Waals surface area contributed by atoms with Crippen molar-refractivity contribution in [3.8, 4) is 0 Å². The molecular formula is C14H19ClN4. The first-order valence-corrected chi connectivity index (χ1v) is 7.08. The largest absolute Gasteiger partial charge is 0.330 e. The third-order valence-corrected chi connectivity index (χ3v) is 3.99. The SMILES string of the molecule is C[C@@H]1CN(Cc2nc3ccc(Cl)cc3n2C)CCN1. The molecule has 1 N–H and O–H groups in total. The van der Waals surface area contributed by atoms with E-state index in [1.165, 1.54) is 0 Å². The molecule has 102 valence electrons. The van der Waals surface area contributed by atoms with Crippen molar-refractivity contribution in [3.05, 3.63) is 29.0 Å². The maximum Gasteiger partial charge on any atom is 0.123 e. The van der Waals surface area contributed by atoms with E-state index in [1.54, 1.807) is 0 Å². The minimum absolute atomic E-state index is 0.554. The van der Waals surface area contributed by atoms with E-state index in [2.05, 4.69) is 28.8 Å². The second-order valence-electron chi connectivity index (χ2n) is 5.31. The Bertz CT molecular complexity index is 592. The van der Waals surface area contributed by atoms with Crippen LogP contribution in [-0.4, -0.2) is 40.1 Å². The van der Waals surface area contributed by atoms with Crippen molar-refractivity contribution < 1.29 is 0 Å². The van der Waals surface area contributed by atoms with E-state index in [-0.39, 0.29) is 0 Å². The van der Waals surface area contributed by atoms with Crippen LogP contribution in [0.3, 0.4) is 0 Å².